The molecular weight excluding hydrogens is 316 g/mol. The summed E-state index contributed by atoms with van der Waals surface area (Å²) in [4.78, 5) is 14.7. The van der Waals surface area contributed by atoms with Crippen molar-refractivity contribution in [3.63, 3.8) is 0 Å². The number of carbonyl (C=O) groups excluding carboxylic acids is 1. The fourth-order valence-corrected chi connectivity index (χ4v) is 2.99. The van der Waals surface area contributed by atoms with Crippen LogP contribution in [0, 0.1) is 6.92 Å². The highest BCUT2D eigenvalue weighted by molar-refractivity contribution is 6.31. The van der Waals surface area contributed by atoms with Crippen molar-refractivity contribution in [1.82, 2.24) is 4.90 Å². The molecule has 1 fully saturated rings. The number of carbonyl (C=O) groups is 1. The standard InChI is InChI=1S/C17H25ClN2O3/c1-11-9-15(16(23-4)10-14(11)18)19-17(21)12(2)20-7-5-13(22-3)6-8-20/h9-10,12-13H,5-8H2,1-4H3,(H,19,21). The first-order valence-electron chi connectivity index (χ1n) is 7.88. The van der Waals surface area contributed by atoms with E-state index >= 15 is 0 Å². The van der Waals surface area contributed by atoms with E-state index in [4.69, 9.17) is 21.1 Å². The summed E-state index contributed by atoms with van der Waals surface area (Å²) < 4.78 is 10.7. The molecule has 0 saturated carbocycles. The predicted octanol–water partition coefficient (Wildman–Crippen LogP) is 3.09. The fourth-order valence-electron chi connectivity index (χ4n) is 2.83. The van der Waals surface area contributed by atoms with E-state index in [-0.39, 0.29) is 11.9 Å². The molecule has 1 heterocycles. The molecule has 0 aliphatic carbocycles. The maximum absolute atomic E-state index is 12.6. The van der Waals surface area contributed by atoms with Crippen LogP contribution in [0.1, 0.15) is 25.3 Å². The van der Waals surface area contributed by atoms with Crippen molar-refractivity contribution >= 4 is 23.2 Å². The SMILES string of the molecule is COc1cc(Cl)c(C)cc1NC(=O)C(C)N1CCC(OC)CC1. The number of hydrogen-bond acceptors (Lipinski definition) is 4. The largest absolute Gasteiger partial charge is 0.495 e. The molecule has 128 valence electrons. The minimum atomic E-state index is -0.200. The van der Waals surface area contributed by atoms with E-state index in [9.17, 15) is 4.79 Å². The molecular formula is C17H25ClN2O3. The molecule has 1 aromatic rings. The van der Waals surface area contributed by atoms with Crippen molar-refractivity contribution in [3.8, 4) is 5.75 Å². The number of ether oxygens (including phenoxy) is 2. The highest BCUT2D eigenvalue weighted by Crippen LogP contribution is 2.31. The molecule has 1 unspecified atom stereocenters. The minimum absolute atomic E-state index is 0.0408. The number of rotatable bonds is 5. The second kappa shape index (κ2) is 7.99. The van der Waals surface area contributed by atoms with Crippen LogP contribution in [0.2, 0.25) is 5.02 Å². The number of nitrogens with one attached hydrogen (secondary N) is 1. The minimum Gasteiger partial charge on any atom is -0.495 e. The molecule has 1 aromatic carbocycles. The number of benzene rings is 1. The smallest absolute Gasteiger partial charge is 0.241 e. The molecule has 0 aromatic heterocycles. The van der Waals surface area contributed by atoms with Crippen LogP contribution in [0.5, 0.6) is 5.75 Å². The lowest BCUT2D eigenvalue weighted by molar-refractivity contribution is -0.121. The summed E-state index contributed by atoms with van der Waals surface area (Å²) in [5.74, 6) is 0.528. The lowest BCUT2D eigenvalue weighted by Crippen LogP contribution is -2.47. The molecule has 1 atom stereocenters. The fraction of sp³-hybridized carbons (Fsp3) is 0.588. The van der Waals surface area contributed by atoms with E-state index in [1.807, 2.05) is 19.9 Å². The zero-order chi connectivity index (χ0) is 17.0. The molecule has 0 radical (unpaired) electrons. The van der Waals surface area contributed by atoms with Gasteiger partial charge in [0.15, 0.2) is 0 Å². The number of piperidine rings is 1. The van der Waals surface area contributed by atoms with Crippen molar-refractivity contribution in [2.45, 2.75) is 38.8 Å². The van der Waals surface area contributed by atoms with Crippen LogP contribution in [0.3, 0.4) is 0 Å². The Balaban J connectivity index is 2.03. The van der Waals surface area contributed by atoms with E-state index in [0.29, 0.717) is 22.6 Å². The van der Waals surface area contributed by atoms with Gasteiger partial charge in [-0.3, -0.25) is 9.69 Å². The molecule has 6 heteroatoms. The van der Waals surface area contributed by atoms with Crippen molar-refractivity contribution < 1.29 is 14.3 Å². The van der Waals surface area contributed by atoms with Crippen molar-refractivity contribution in [2.75, 3.05) is 32.6 Å². The Morgan fingerprint density at radius 2 is 2.00 bits per heavy atom. The molecule has 0 spiro atoms. The van der Waals surface area contributed by atoms with Crippen LogP contribution in [-0.2, 0) is 9.53 Å². The van der Waals surface area contributed by atoms with E-state index < -0.39 is 0 Å². The Kier molecular flexibility index (Phi) is 6.27. The molecule has 1 aliphatic rings. The van der Waals surface area contributed by atoms with E-state index in [0.717, 1.165) is 31.5 Å². The van der Waals surface area contributed by atoms with Gasteiger partial charge in [0.1, 0.15) is 5.75 Å². The van der Waals surface area contributed by atoms with Crippen molar-refractivity contribution in [3.05, 3.63) is 22.7 Å². The second-order valence-corrected chi connectivity index (χ2v) is 6.35. The summed E-state index contributed by atoms with van der Waals surface area (Å²) in [6, 6.07) is 3.36. The molecule has 23 heavy (non-hydrogen) atoms. The van der Waals surface area contributed by atoms with Gasteiger partial charge < -0.3 is 14.8 Å². The lowest BCUT2D eigenvalue weighted by Gasteiger charge is -2.34. The van der Waals surface area contributed by atoms with Crippen LogP contribution in [0.4, 0.5) is 5.69 Å². The average molecular weight is 341 g/mol. The van der Waals surface area contributed by atoms with Gasteiger partial charge in [-0.15, -0.1) is 0 Å². The Morgan fingerprint density at radius 3 is 2.57 bits per heavy atom. The maximum Gasteiger partial charge on any atom is 0.241 e. The predicted molar refractivity (Wildman–Crippen MR) is 92.4 cm³/mol. The second-order valence-electron chi connectivity index (χ2n) is 5.94. The average Bonchev–Trinajstić information content (AvgIpc) is 2.57. The first-order valence-corrected chi connectivity index (χ1v) is 8.26. The van der Waals surface area contributed by atoms with Crippen LogP contribution in [-0.4, -0.2) is 50.3 Å². The zero-order valence-corrected chi connectivity index (χ0v) is 14.9. The highest BCUT2D eigenvalue weighted by Gasteiger charge is 2.27. The quantitative estimate of drug-likeness (QED) is 0.895. The van der Waals surface area contributed by atoms with Gasteiger partial charge in [0, 0.05) is 31.3 Å². The van der Waals surface area contributed by atoms with Crippen LogP contribution in [0.15, 0.2) is 12.1 Å². The Labute approximate surface area is 142 Å². The number of methoxy groups -OCH3 is 2. The van der Waals surface area contributed by atoms with E-state index in [1.165, 1.54) is 0 Å². The maximum atomic E-state index is 12.6. The van der Waals surface area contributed by atoms with Gasteiger partial charge in [0.2, 0.25) is 5.91 Å². The van der Waals surface area contributed by atoms with Gasteiger partial charge in [-0.2, -0.15) is 0 Å². The number of amides is 1. The van der Waals surface area contributed by atoms with Crippen molar-refractivity contribution in [1.29, 1.82) is 0 Å². The first-order chi connectivity index (χ1) is 11.0. The number of aryl methyl sites for hydroxylation is 1. The van der Waals surface area contributed by atoms with Crippen LogP contribution in [0.25, 0.3) is 0 Å². The monoisotopic (exact) mass is 340 g/mol. The molecule has 1 N–H and O–H groups in total. The highest BCUT2D eigenvalue weighted by atomic mass is 35.5. The van der Waals surface area contributed by atoms with E-state index in [2.05, 4.69) is 10.2 Å². The molecule has 1 amide bonds. The molecule has 1 saturated heterocycles. The summed E-state index contributed by atoms with van der Waals surface area (Å²) in [5, 5.41) is 3.58. The number of nitrogens with zero attached hydrogens (tertiary/aromatic N) is 1. The van der Waals surface area contributed by atoms with E-state index in [1.54, 1.807) is 20.3 Å². The van der Waals surface area contributed by atoms with Crippen LogP contribution < -0.4 is 10.1 Å². The topological polar surface area (TPSA) is 50.8 Å². The van der Waals surface area contributed by atoms with Crippen LogP contribution >= 0.6 is 11.6 Å². The third-order valence-corrected chi connectivity index (χ3v) is 4.88. The van der Waals surface area contributed by atoms with Gasteiger partial charge in [-0.1, -0.05) is 11.6 Å². The Bertz CT molecular complexity index is 557. The zero-order valence-electron chi connectivity index (χ0n) is 14.2. The van der Waals surface area contributed by atoms with Gasteiger partial charge in [-0.25, -0.2) is 0 Å². The Morgan fingerprint density at radius 1 is 1.35 bits per heavy atom. The number of anilines is 1. The summed E-state index contributed by atoms with van der Waals surface area (Å²) >= 11 is 6.10. The third-order valence-electron chi connectivity index (χ3n) is 4.48. The number of hydrogen-bond donors (Lipinski definition) is 1. The Hall–Kier alpha value is -1.30. The molecule has 1 aliphatic heterocycles. The third kappa shape index (κ3) is 4.37. The lowest BCUT2D eigenvalue weighted by atomic mass is 10.1. The summed E-state index contributed by atoms with van der Waals surface area (Å²) in [6.07, 6.45) is 2.22. The number of halogens is 1. The number of likely N-dealkylation sites (tertiary alicyclic amines) is 1. The van der Waals surface area contributed by atoms with Gasteiger partial charge in [0.25, 0.3) is 0 Å². The summed E-state index contributed by atoms with van der Waals surface area (Å²) in [7, 11) is 3.31. The van der Waals surface area contributed by atoms with Crippen molar-refractivity contribution in [2.24, 2.45) is 0 Å². The molecule has 0 bridgehead atoms. The van der Waals surface area contributed by atoms with Gasteiger partial charge in [-0.05, 0) is 38.3 Å². The summed E-state index contributed by atoms with van der Waals surface area (Å²) in [6.45, 7) is 5.56. The first kappa shape index (κ1) is 18.0. The van der Waals surface area contributed by atoms with Gasteiger partial charge >= 0.3 is 0 Å². The van der Waals surface area contributed by atoms with Gasteiger partial charge in [0.05, 0.1) is 24.9 Å². The summed E-state index contributed by atoms with van der Waals surface area (Å²) in [5.41, 5.74) is 1.55. The normalized spacial score (nSPS) is 17.8. The molecule has 5 nitrogen and oxygen atoms in total. The molecule has 2 rings (SSSR count).